The third-order valence-electron chi connectivity index (χ3n) is 4.94. The third-order valence-corrected chi connectivity index (χ3v) is 4.94. The molecule has 7 nitrogen and oxygen atoms in total. The Kier molecular flexibility index (Phi) is 6.21. The first kappa shape index (κ1) is 21.8. The molecule has 4 aromatic rings. The van der Waals surface area contributed by atoms with E-state index in [1.165, 1.54) is 24.5 Å². The second-order valence-electron chi connectivity index (χ2n) is 7.20. The summed E-state index contributed by atoms with van der Waals surface area (Å²) in [6.45, 7) is -0.831. The molecule has 166 valence electrons. The van der Waals surface area contributed by atoms with E-state index < -0.39 is 6.55 Å². The topological polar surface area (TPSA) is 88.6 Å². The molecule has 0 radical (unpaired) electrons. The number of aryl methyl sites for hydroxylation is 1. The zero-order valence-corrected chi connectivity index (χ0v) is 17.6. The van der Waals surface area contributed by atoms with Crippen LogP contribution in [0.2, 0.25) is 0 Å². The molecule has 0 aliphatic heterocycles. The SMILES string of the molecule is Cc1cc(-c2cnn(C(F)F)c2)ccc1-n1ccc(=O)c(/C(=C/C=N)Nc2ccccc2)n1. The van der Waals surface area contributed by atoms with Gasteiger partial charge in [0, 0.05) is 35.9 Å². The van der Waals surface area contributed by atoms with Crippen molar-refractivity contribution in [2.75, 3.05) is 5.32 Å². The van der Waals surface area contributed by atoms with Crippen molar-refractivity contribution in [2.24, 2.45) is 0 Å². The van der Waals surface area contributed by atoms with Crippen LogP contribution in [0.15, 0.2) is 84.1 Å². The summed E-state index contributed by atoms with van der Waals surface area (Å²) < 4.78 is 27.8. The van der Waals surface area contributed by atoms with Crippen LogP contribution in [-0.4, -0.2) is 25.8 Å². The average molecular weight is 446 g/mol. The predicted molar refractivity (Wildman–Crippen MR) is 124 cm³/mol. The van der Waals surface area contributed by atoms with Crippen LogP contribution >= 0.6 is 0 Å². The first-order chi connectivity index (χ1) is 16.0. The lowest BCUT2D eigenvalue weighted by atomic mass is 10.1. The molecule has 9 heteroatoms. The molecule has 2 aromatic heterocycles. The number of allylic oxidation sites excluding steroid dienone is 1. The number of aromatic nitrogens is 4. The van der Waals surface area contributed by atoms with Crippen LogP contribution in [0, 0.1) is 12.3 Å². The molecule has 33 heavy (non-hydrogen) atoms. The Morgan fingerprint density at radius 3 is 2.58 bits per heavy atom. The third kappa shape index (κ3) is 4.77. The van der Waals surface area contributed by atoms with Crippen LogP contribution in [0.4, 0.5) is 14.5 Å². The van der Waals surface area contributed by atoms with Gasteiger partial charge < -0.3 is 10.7 Å². The number of rotatable bonds is 7. The second kappa shape index (κ2) is 9.39. The average Bonchev–Trinajstić information content (AvgIpc) is 3.31. The van der Waals surface area contributed by atoms with E-state index in [0.29, 0.717) is 15.9 Å². The standard InChI is InChI=1S/C24H20F2N6O/c1-16-13-17(18-14-28-32(15-18)24(25)26)7-8-21(16)31-12-10-22(33)23(30-31)20(9-11-27)29-19-5-3-2-4-6-19/h2-15,24,27,29H,1H3/b20-9-,27-11?. The Hall–Kier alpha value is -4.40. The van der Waals surface area contributed by atoms with E-state index in [1.54, 1.807) is 23.0 Å². The maximum Gasteiger partial charge on any atom is 0.333 e. The maximum absolute atomic E-state index is 12.8. The lowest BCUT2D eigenvalue weighted by molar-refractivity contribution is 0.0566. The highest BCUT2D eigenvalue weighted by atomic mass is 19.3. The van der Waals surface area contributed by atoms with Gasteiger partial charge in [-0.1, -0.05) is 24.3 Å². The van der Waals surface area contributed by atoms with Gasteiger partial charge in [0.25, 0.3) is 0 Å². The van der Waals surface area contributed by atoms with Crippen LogP contribution in [0.1, 0.15) is 17.8 Å². The van der Waals surface area contributed by atoms with Crippen molar-refractivity contribution in [3.05, 3.63) is 101 Å². The van der Waals surface area contributed by atoms with Crippen molar-refractivity contribution in [3.63, 3.8) is 0 Å². The predicted octanol–water partition coefficient (Wildman–Crippen LogP) is 4.90. The number of anilines is 1. The Morgan fingerprint density at radius 2 is 1.91 bits per heavy atom. The highest BCUT2D eigenvalue weighted by Gasteiger charge is 2.13. The van der Waals surface area contributed by atoms with Gasteiger partial charge in [-0.2, -0.15) is 19.0 Å². The van der Waals surface area contributed by atoms with Gasteiger partial charge in [-0.05, 0) is 48.4 Å². The molecule has 4 rings (SSSR count). The smallest absolute Gasteiger partial charge is 0.333 e. The molecule has 0 bridgehead atoms. The Labute approximate surface area is 188 Å². The first-order valence-electron chi connectivity index (χ1n) is 10.0. The van der Waals surface area contributed by atoms with Crippen LogP contribution < -0.4 is 10.7 Å². The van der Waals surface area contributed by atoms with Crippen molar-refractivity contribution in [1.29, 1.82) is 5.41 Å². The van der Waals surface area contributed by atoms with Gasteiger partial charge in [-0.25, -0.2) is 9.36 Å². The highest BCUT2D eigenvalue weighted by molar-refractivity contribution is 5.86. The van der Waals surface area contributed by atoms with E-state index in [2.05, 4.69) is 15.5 Å². The molecule has 0 amide bonds. The fourth-order valence-electron chi connectivity index (χ4n) is 3.35. The van der Waals surface area contributed by atoms with E-state index >= 15 is 0 Å². The molecule has 0 aliphatic carbocycles. The maximum atomic E-state index is 12.8. The minimum absolute atomic E-state index is 0.159. The number of para-hydroxylation sites is 1. The van der Waals surface area contributed by atoms with E-state index in [-0.39, 0.29) is 11.1 Å². The Bertz CT molecular complexity index is 1380. The molecular weight excluding hydrogens is 426 g/mol. The zero-order chi connectivity index (χ0) is 23.4. The van der Waals surface area contributed by atoms with Crippen LogP contribution in [0.25, 0.3) is 22.5 Å². The van der Waals surface area contributed by atoms with Crippen LogP contribution in [-0.2, 0) is 0 Å². The summed E-state index contributed by atoms with van der Waals surface area (Å²) in [5.41, 5.74) is 3.86. The second-order valence-corrected chi connectivity index (χ2v) is 7.20. The Morgan fingerprint density at radius 1 is 1.12 bits per heavy atom. The minimum Gasteiger partial charge on any atom is -0.354 e. The lowest BCUT2D eigenvalue weighted by Crippen LogP contribution is -2.18. The summed E-state index contributed by atoms with van der Waals surface area (Å²) in [7, 11) is 0. The summed E-state index contributed by atoms with van der Waals surface area (Å²) in [6.07, 6.45) is 6.80. The summed E-state index contributed by atoms with van der Waals surface area (Å²) in [6, 6.07) is 16.1. The molecule has 0 spiro atoms. The molecular formula is C24H20F2N6O. The van der Waals surface area contributed by atoms with Gasteiger partial charge >= 0.3 is 6.55 Å². The lowest BCUT2D eigenvalue weighted by Gasteiger charge is -2.14. The Balaban J connectivity index is 1.70. The van der Waals surface area contributed by atoms with Crippen LogP contribution in [0.5, 0.6) is 0 Å². The van der Waals surface area contributed by atoms with Crippen molar-refractivity contribution in [3.8, 4) is 16.8 Å². The molecule has 2 aromatic carbocycles. The molecule has 0 fully saturated rings. The molecule has 2 N–H and O–H groups in total. The highest BCUT2D eigenvalue weighted by Crippen LogP contribution is 2.25. The molecule has 0 unspecified atom stereocenters. The zero-order valence-electron chi connectivity index (χ0n) is 17.6. The quantitative estimate of drug-likeness (QED) is 0.395. The van der Waals surface area contributed by atoms with E-state index in [9.17, 15) is 13.6 Å². The van der Waals surface area contributed by atoms with Crippen molar-refractivity contribution >= 4 is 17.6 Å². The summed E-state index contributed by atoms with van der Waals surface area (Å²) in [5, 5.41) is 18.8. The number of benzene rings is 2. The molecule has 0 saturated heterocycles. The van der Waals surface area contributed by atoms with Gasteiger partial charge in [0.2, 0.25) is 5.43 Å². The van der Waals surface area contributed by atoms with Gasteiger partial charge in [-0.3, -0.25) is 4.79 Å². The summed E-state index contributed by atoms with van der Waals surface area (Å²) in [5.74, 6) is 0. The van der Waals surface area contributed by atoms with Gasteiger partial charge in [0.05, 0.1) is 17.6 Å². The van der Waals surface area contributed by atoms with Crippen LogP contribution in [0.3, 0.4) is 0 Å². The van der Waals surface area contributed by atoms with E-state index in [4.69, 9.17) is 5.41 Å². The minimum atomic E-state index is -2.70. The largest absolute Gasteiger partial charge is 0.354 e. The van der Waals surface area contributed by atoms with E-state index in [1.807, 2.05) is 43.3 Å². The van der Waals surface area contributed by atoms with Crippen molar-refractivity contribution < 1.29 is 8.78 Å². The van der Waals surface area contributed by atoms with E-state index in [0.717, 1.165) is 28.7 Å². The number of halogens is 2. The fourth-order valence-corrected chi connectivity index (χ4v) is 3.35. The number of hydrogen-bond donors (Lipinski definition) is 2. The first-order valence-corrected chi connectivity index (χ1v) is 10.0. The monoisotopic (exact) mass is 446 g/mol. The molecule has 2 heterocycles. The molecule has 0 atom stereocenters. The number of hydrogen-bond acceptors (Lipinski definition) is 5. The van der Waals surface area contributed by atoms with Gasteiger partial charge in [-0.15, -0.1) is 0 Å². The molecule has 0 saturated carbocycles. The summed E-state index contributed by atoms with van der Waals surface area (Å²) >= 11 is 0. The van der Waals surface area contributed by atoms with Gasteiger partial charge in [0.15, 0.2) is 5.69 Å². The number of nitrogens with zero attached hydrogens (tertiary/aromatic N) is 4. The molecule has 0 aliphatic rings. The fraction of sp³-hybridized carbons (Fsp3) is 0.0833. The summed E-state index contributed by atoms with van der Waals surface area (Å²) in [4.78, 5) is 12.6. The number of nitrogens with one attached hydrogen (secondary N) is 2. The van der Waals surface area contributed by atoms with Crippen molar-refractivity contribution in [1.82, 2.24) is 19.6 Å². The van der Waals surface area contributed by atoms with Gasteiger partial charge in [0.1, 0.15) is 0 Å². The van der Waals surface area contributed by atoms with Crippen molar-refractivity contribution in [2.45, 2.75) is 13.5 Å². The normalized spacial score (nSPS) is 11.6. The number of alkyl halides is 2.